The molecule has 2 rings (SSSR count). The summed E-state index contributed by atoms with van der Waals surface area (Å²) in [5, 5.41) is 12.8. The van der Waals surface area contributed by atoms with E-state index < -0.39 is 0 Å². The fourth-order valence-corrected chi connectivity index (χ4v) is 3.46. The first kappa shape index (κ1) is 15.1. The fraction of sp³-hybridized carbons (Fsp3) is 0.611. The second-order valence-electron chi connectivity index (χ2n) is 6.42. The van der Waals surface area contributed by atoms with Crippen molar-refractivity contribution in [2.75, 3.05) is 0 Å². The van der Waals surface area contributed by atoms with E-state index in [9.17, 15) is 0 Å². The van der Waals surface area contributed by atoms with Crippen molar-refractivity contribution in [2.24, 2.45) is 11.8 Å². The molecule has 108 valence electrons. The second-order valence-corrected chi connectivity index (χ2v) is 6.42. The fourth-order valence-electron chi connectivity index (χ4n) is 3.46. The van der Waals surface area contributed by atoms with Crippen LogP contribution < -0.4 is 5.32 Å². The molecule has 0 saturated heterocycles. The van der Waals surface area contributed by atoms with Gasteiger partial charge in [0.05, 0.1) is 11.6 Å². The molecular formula is C18H26N2. The largest absolute Gasteiger partial charge is 0.307 e. The highest BCUT2D eigenvalue weighted by molar-refractivity contribution is 5.34. The monoisotopic (exact) mass is 270 g/mol. The van der Waals surface area contributed by atoms with Crippen LogP contribution in [-0.4, -0.2) is 6.04 Å². The van der Waals surface area contributed by atoms with Crippen LogP contribution in [0.1, 0.15) is 63.6 Å². The maximum absolute atomic E-state index is 9.01. The van der Waals surface area contributed by atoms with E-state index in [0.717, 1.165) is 17.4 Å². The van der Waals surface area contributed by atoms with E-state index in [1.807, 2.05) is 18.2 Å². The molecular weight excluding hydrogens is 244 g/mol. The molecule has 3 atom stereocenters. The molecule has 0 bridgehead atoms. The normalized spacial score (nSPS) is 24.4. The molecule has 1 aromatic rings. The Labute approximate surface area is 123 Å². The number of nitriles is 1. The zero-order chi connectivity index (χ0) is 14.5. The second kappa shape index (κ2) is 6.90. The lowest BCUT2D eigenvalue weighted by Gasteiger charge is -2.37. The van der Waals surface area contributed by atoms with Gasteiger partial charge in [0, 0.05) is 12.1 Å². The van der Waals surface area contributed by atoms with Crippen LogP contribution in [0.25, 0.3) is 0 Å². The van der Waals surface area contributed by atoms with Crippen molar-refractivity contribution in [3.63, 3.8) is 0 Å². The highest BCUT2D eigenvalue weighted by Gasteiger charge is 2.28. The van der Waals surface area contributed by atoms with Gasteiger partial charge >= 0.3 is 0 Å². The van der Waals surface area contributed by atoms with Gasteiger partial charge in [-0.1, -0.05) is 38.8 Å². The third-order valence-corrected chi connectivity index (χ3v) is 4.66. The molecule has 1 fully saturated rings. The van der Waals surface area contributed by atoms with Crippen LogP contribution in [-0.2, 0) is 0 Å². The van der Waals surface area contributed by atoms with Crippen LogP contribution in [0.3, 0.4) is 0 Å². The van der Waals surface area contributed by atoms with Crippen LogP contribution in [0.4, 0.5) is 0 Å². The molecule has 1 aromatic carbocycles. The van der Waals surface area contributed by atoms with E-state index in [0.29, 0.717) is 12.1 Å². The first-order chi connectivity index (χ1) is 9.61. The number of nitrogens with one attached hydrogen (secondary N) is 1. The Morgan fingerprint density at radius 1 is 1.20 bits per heavy atom. The van der Waals surface area contributed by atoms with E-state index in [1.165, 1.54) is 31.2 Å². The Kier molecular flexibility index (Phi) is 5.20. The van der Waals surface area contributed by atoms with Crippen molar-refractivity contribution in [1.29, 1.82) is 5.26 Å². The Bertz CT molecular complexity index is 473. The molecule has 0 heterocycles. The topological polar surface area (TPSA) is 35.8 Å². The molecule has 0 aromatic heterocycles. The molecule has 2 nitrogen and oxygen atoms in total. The smallest absolute Gasteiger partial charge is 0.0991 e. The van der Waals surface area contributed by atoms with Crippen LogP contribution in [0, 0.1) is 23.2 Å². The molecule has 0 aliphatic heterocycles. The zero-order valence-corrected chi connectivity index (χ0v) is 12.9. The first-order valence-corrected chi connectivity index (χ1v) is 7.88. The number of rotatable bonds is 4. The van der Waals surface area contributed by atoms with Crippen LogP contribution in [0.15, 0.2) is 24.3 Å². The molecule has 0 amide bonds. The average molecular weight is 270 g/mol. The minimum absolute atomic E-state index is 0.313. The van der Waals surface area contributed by atoms with Gasteiger partial charge in [0.1, 0.15) is 0 Å². The Hall–Kier alpha value is -1.33. The molecule has 1 N–H and O–H groups in total. The third kappa shape index (κ3) is 3.61. The van der Waals surface area contributed by atoms with Crippen LogP contribution >= 0.6 is 0 Å². The summed E-state index contributed by atoms with van der Waals surface area (Å²) >= 11 is 0. The van der Waals surface area contributed by atoms with Gasteiger partial charge < -0.3 is 5.32 Å². The first-order valence-electron chi connectivity index (χ1n) is 7.88. The molecule has 1 saturated carbocycles. The summed E-state index contributed by atoms with van der Waals surface area (Å²) in [4.78, 5) is 0. The SMILES string of the molecule is CC(NC1CCCCC1C(C)C)c1cccc(C#N)c1. The average Bonchev–Trinajstić information content (AvgIpc) is 2.47. The Morgan fingerprint density at radius 3 is 2.65 bits per heavy atom. The van der Waals surface area contributed by atoms with Crippen LogP contribution in [0.2, 0.25) is 0 Å². The predicted molar refractivity (Wildman–Crippen MR) is 83.3 cm³/mol. The summed E-state index contributed by atoms with van der Waals surface area (Å²) in [6.45, 7) is 6.89. The van der Waals surface area contributed by atoms with Gasteiger partial charge in [0.2, 0.25) is 0 Å². The minimum Gasteiger partial charge on any atom is -0.307 e. The molecule has 1 aliphatic rings. The Balaban J connectivity index is 2.05. The number of nitrogens with zero attached hydrogens (tertiary/aromatic N) is 1. The highest BCUT2D eigenvalue weighted by atomic mass is 15.0. The van der Waals surface area contributed by atoms with Gasteiger partial charge in [-0.15, -0.1) is 0 Å². The van der Waals surface area contributed by atoms with E-state index in [-0.39, 0.29) is 0 Å². The van der Waals surface area contributed by atoms with Gasteiger partial charge in [-0.25, -0.2) is 0 Å². The van der Waals surface area contributed by atoms with Gasteiger partial charge in [-0.05, 0) is 49.3 Å². The molecule has 1 aliphatic carbocycles. The lowest BCUT2D eigenvalue weighted by Crippen LogP contribution is -2.42. The molecule has 0 spiro atoms. The number of benzene rings is 1. The summed E-state index contributed by atoms with van der Waals surface area (Å²) in [5.74, 6) is 1.52. The summed E-state index contributed by atoms with van der Waals surface area (Å²) in [7, 11) is 0. The standard InChI is InChI=1S/C18H26N2/c1-13(2)17-9-4-5-10-18(17)20-14(3)16-8-6-7-15(11-16)12-19/h6-8,11,13-14,17-18,20H,4-5,9-10H2,1-3H3. The maximum atomic E-state index is 9.01. The van der Waals surface area contributed by atoms with Crippen molar-refractivity contribution in [3.05, 3.63) is 35.4 Å². The van der Waals surface area contributed by atoms with Gasteiger partial charge in [-0.2, -0.15) is 5.26 Å². The van der Waals surface area contributed by atoms with Gasteiger partial charge in [0.25, 0.3) is 0 Å². The lowest BCUT2D eigenvalue weighted by molar-refractivity contribution is 0.195. The van der Waals surface area contributed by atoms with Gasteiger partial charge in [-0.3, -0.25) is 0 Å². The van der Waals surface area contributed by atoms with E-state index in [1.54, 1.807) is 0 Å². The van der Waals surface area contributed by atoms with Crippen molar-refractivity contribution < 1.29 is 0 Å². The van der Waals surface area contributed by atoms with Crippen molar-refractivity contribution in [3.8, 4) is 6.07 Å². The minimum atomic E-state index is 0.313. The van der Waals surface area contributed by atoms with E-state index >= 15 is 0 Å². The van der Waals surface area contributed by atoms with E-state index in [4.69, 9.17) is 5.26 Å². The van der Waals surface area contributed by atoms with Crippen LogP contribution in [0.5, 0.6) is 0 Å². The number of hydrogen-bond acceptors (Lipinski definition) is 2. The zero-order valence-electron chi connectivity index (χ0n) is 12.9. The van der Waals surface area contributed by atoms with Crippen molar-refractivity contribution >= 4 is 0 Å². The predicted octanol–water partition coefficient (Wildman–Crippen LogP) is 4.42. The number of hydrogen-bond donors (Lipinski definition) is 1. The van der Waals surface area contributed by atoms with E-state index in [2.05, 4.69) is 38.2 Å². The summed E-state index contributed by atoms with van der Waals surface area (Å²) < 4.78 is 0. The summed E-state index contributed by atoms with van der Waals surface area (Å²) in [5.41, 5.74) is 1.97. The summed E-state index contributed by atoms with van der Waals surface area (Å²) in [6, 6.07) is 11.1. The molecule has 3 unspecified atom stereocenters. The molecule has 0 radical (unpaired) electrons. The summed E-state index contributed by atoms with van der Waals surface area (Å²) in [6.07, 6.45) is 5.34. The molecule has 2 heteroatoms. The van der Waals surface area contributed by atoms with Gasteiger partial charge in [0.15, 0.2) is 0 Å². The Morgan fingerprint density at radius 2 is 1.95 bits per heavy atom. The molecule has 20 heavy (non-hydrogen) atoms. The lowest BCUT2D eigenvalue weighted by atomic mass is 9.77. The maximum Gasteiger partial charge on any atom is 0.0991 e. The van der Waals surface area contributed by atoms with Crippen molar-refractivity contribution in [1.82, 2.24) is 5.32 Å². The third-order valence-electron chi connectivity index (χ3n) is 4.66. The highest BCUT2D eigenvalue weighted by Crippen LogP contribution is 2.31. The van der Waals surface area contributed by atoms with Crippen molar-refractivity contribution in [2.45, 2.75) is 58.5 Å². The quantitative estimate of drug-likeness (QED) is 0.879.